The molecular formula is C41H57NO14. The number of fused-ring (bicyclic) bond motifs is 5. The number of aliphatic hydroxyl groups is 4. The number of ketones is 1. The Bertz CT molecular complexity index is 1780. The molecule has 1 amide bonds. The predicted molar refractivity (Wildman–Crippen MR) is 198 cm³/mol. The number of carbonyl (C=O) groups excluding carboxylic acids is 5. The highest BCUT2D eigenvalue weighted by Crippen LogP contribution is 2.64. The number of esters is 3. The summed E-state index contributed by atoms with van der Waals surface area (Å²) in [4.78, 5) is 68.5. The number of rotatable bonds is 7. The molecule has 1 aliphatic heterocycles. The quantitative estimate of drug-likeness (QED) is 0.152. The molecule has 1 heterocycles. The van der Waals surface area contributed by atoms with Gasteiger partial charge in [-0.25, -0.2) is 14.4 Å². The second kappa shape index (κ2) is 14.5. The predicted octanol–water partition coefficient (Wildman–Crippen LogP) is 2.93. The molecule has 11 atom stereocenters. The van der Waals surface area contributed by atoms with Crippen LogP contribution in [0.15, 0.2) is 41.5 Å². The molecule has 15 heteroatoms. The largest absolute Gasteiger partial charge is 0.456 e. The van der Waals surface area contributed by atoms with Crippen molar-refractivity contribution in [3.8, 4) is 0 Å². The molecule has 3 aliphatic carbocycles. The van der Waals surface area contributed by atoms with Crippen LogP contribution in [0.25, 0.3) is 0 Å². The summed E-state index contributed by atoms with van der Waals surface area (Å²) in [5.74, 6) is -5.29. The Morgan fingerprint density at radius 3 is 2.11 bits per heavy atom. The number of nitrogens with one attached hydrogen (secondary N) is 1. The summed E-state index contributed by atoms with van der Waals surface area (Å²) in [5.41, 5.74) is -9.27. The van der Waals surface area contributed by atoms with Crippen LogP contribution in [-0.4, -0.2) is 116 Å². The van der Waals surface area contributed by atoms with Crippen molar-refractivity contribution in [2.45, 2.75) is 148 Å². The standard InChI is InChI=1S/C41H57NO14/c1-20-23(53-34(49)28(46)30(36(3,4)5)42-35(50)56-37(6,7)8)18-41(51)32(54-33(48)22-15-13-12-14-16-22)29-39(11,31(47)27(45)26(20)38(41,9)10)24(44)17-25-40(29,19-52-25)55-21(2)43/h12-16,23-25,27-30,32,44-46,51H,17-19H2,1-11H3,(H,42,50)/t23-,24-,25?,27+,28+,29-,30-,32-,39+,40-,41+/m0/s1. The molecule has 1 aromatic rings. The Hall–Kier alpha value is -3.89. The van der Waals surface area contributed by atoms with Crippen LogP contribution >= 0.6 is 0 Å². The topological polar surface area (TPSA) is 224 Å². The molecule has 1 unspecified atom stereocenters. The highest BCUT2D eigenvalue weighted by Gasteiger charge is 2.78. The van der Waals surface area contributed by atoms with E-state index in [1.54, 1.807) is 73.6 Å². The summed E-state index contributed by atoms with van der Waals surface area (Å²) in [6, 6.07) is 6.63. The van der Waals surface area contributed by atoms with Gasteiger partial charge in [0.15, 0.2) is 17.5 Å². The van der Waals surface area contributed by atoms with Crippen LogP contribution in [0.3, 0.4) is 0 Å². The molecular weight excluding hydrogens is 730 g/mol. The zero-order chi connectivity index (χ0) is 42.1. The fraction of sp³-hybridized carbons (Fsp3) is 0.683. The van der Waals surface area contributed by atoms with E-state index in [4.69, 9.17) is 23.7 Å². The summed E-state index contributed by atoms with van der Waals surface area (Å²) >= 11 is 0. The summed E-state index contributed by atoms with van der Waals surface area (Å²) in [7, 11) is 0. The van der Waals surface area contributed by atoms with Crippen LogP contribution in [0.2, 0.25) is 0 Å². The molecule has 5 rings (SSSR count). The van der Waals surface area contributed by atoms with E-state index in [2.05, 4.69) is 5.32 Å². The minimum atomic E-state index is -2.33. The van der Waals surface area contributed by atoms with E-state index >= 15 is 0 Å². The number of Topliss-reactive ketones (excluding diaryl/α,β-unsaturated/α-hetero) is 1. The van der Waals surface area contributed by atoms with Gasteiger partial charge in [0.05, 0.1) is 35.6 Å². The zero-order valence-corrected chi connectivity index (χ0v) is 34.0. The molecule has 0 aromatic heterocycles. The molecule has 2 bridgehead atoms. The number of carbonyl (C=O) groups is 5. The lowest BCUT2D eigenvalue weighted by atomic mass is 9.44. The molecule has 0 spiro atoms. The van der Waals surface area contributed by atoms with E-state index in [9.17, 15) is 44.4 Å². The Kier molecular flexibility index (Phi) is 11.2. The van der Waals surface area contributed by atoms with Crippen LogP contribution in [-0.2, 0) is 38.1 Å². The van der Waals surface area contributed by atoms with E-state index < -0.39 is 118 Å². The molecule has 310 valence electrons. The third-order valence-corrected chi connectivity index (χ3v) is 12.3. The van der Waals surface area contributed by atoms with Gasteiger partial charge in [-0.15, -0.1) is 0 Å². The first kappa shape index (κ1) is 43.2. The summed E-state index contributed by atoms with van der Waals surface area (Å²) in [5, 5.41) is 51.3. The van der Waals surface area contributed by atoms with Gasteiger partial charge in [0, 0.05) is 25.2 Å². The van der Waals surface area contributed by atoms with E-state index in [-0.39, 0.29) is 29.7 Å². The van der Waals surface area contributed by atoms with Crippen molar-refractivity contribution >= 4 is 29.8 Å². The van der Waals surface area contributed by atoms with Gasteiger partial charge in [0.25, 0.3) is 0 Å². The maximum Gasteiger partial charge on any atom is 0.407 e. The zero-order valence-electron chi connectivity index (χ0n) is 34.0. The third kappa shape index (κ3) is 7.14. The van der Waals surface area contributed by atoms with Crippen LogP contribution in [0.4, 0.5) is 4.79 Å². The molecule has 2 saturated carbocycles. The van der Waals surface area contributed by atoms with Crippen molar-refractivity contribution in [3.05, 3.63) is 47.0 Å². The molecule has 4 aliphatic rings. The molecule has 1 saturated heterocycles. The minimum Gasteiger partial charge on any atom is -0.456 e. The second-order valence-electron chi connectivity index (χ2n) is 18.5. The van der Waals surface area contributed by atoms with Crippen molar-refractivity contribution in [1.29, 1.82) is 0 Å². The smallest absolute Gasteiger partial charge is 0.407 e. The molecule has 5 N–H and O–H groups in total. The fourth-order valence-electron chi connectivity index (χ4n) is 9.32. The number of aliphatic hydroxyl groups excluding tert-OH is 3. The summed E-state index contributed by atoms with van der Waals surface area (Å²) in [6.07, 6.45) is -11.3. The summed E-state index contributed by atoms with van der Waals surface area (Å²) < 4.78 is 29.4. The first-order valence-electron chi connectivity index (χ1n) is 18.9. The van der Waals surface area contributed by atoms with Gasteiger partial charge in [-0.2, -0.15) is 0 Å². The van der Waals surface area contributed by atoms with Crippen LogP contribution in [0.5, 0.6) is 0 Å². The fourth-order valence-corrected chi connectivity index (χ4v) is 9.32. The normalized spacial score (nSPS) is 34.9. The average molecular weight is 788 g/mol. The Morgan fingerprint density at radius 1 is 0.982 bits per heavy atom. The van der Waals surface area contributed by atoms with E-state index in [0.717, 1.165) is 6.92 Å². The second-order valence-corrected chi connectivity index (χ2v) is 18.5. The van der Waals surface area contributed by atoms with Crippen LogP contribution in [0.1, 0.15) is 99.4 Å². The van der Waals surface area contributed by atoms with Crippen molar-refractivity contribution in [2.24, 2.45) is 22.2 Å². The average Bonchev–Trinajstić information content (AvgIpc) is 3.07. The van der Waals surface area contributed by atoms with Gasteiger partial charge in [-0.3, -0.25) is 9.59 Å². The Labute approximate surface area is 327 Å². The number of hydrogen-bond acceptors (Lipinski definition) is 14. The number of alkyl carbamates (subject to hydrolysis) is 1. The Balaban J connectivity index is 1.67. The van der Waals surface area contributed by atoms with Crippen molar-refractivity contribution in [2.75, 3.05) is 6.61 Å². The van der Waals surface area contributed by atoms with Crippen LogP contribution in [0, 0.1) is 22.2 Å². The molecule has 1 aromatic carbocycles. The van der Waals surface area contributed by atoms with Crippen molar-refractivity contribution in [3.63, 3.8) is 0 Å². The van der Waals surface area contributed by atoms with Gasteiger partial charge < -0.3 is 49.4 Å². The third-order valence-electron chi connectivity index (χ3n) is 12.3. The maximum absolute atomic E-state index is 14.9. The van der Waals surface area contributed by atoms with Crippen molar-refractivity contribution < 1.29 is 68.1 Å². The number of amides is 1. The van der Waals surface area contributed by atoms with E-state index in [1.807, 2.05) is 0 Å². The van der Waals surface area contributed by atoms with Crippen molar-refractivity contribution in [1.82, 2.24) is 5.32 Å². The maximum atomic E-state index is 14.9. The lowest BCUT2D eigenvalue weighted by Crippen LogP contribution is -2.81. The number of hydrogen-bond donors (Lipinski definition) is 5. The number of benzene rings is 1. The highest BCUT2D eigenvalue weighted by molar-refractivity contribution is 5.94. The monoisotopic (exact) mass is 787 g/mol. The van der Waals surface area contributed by atoms with Gasteiger partial charge in [-0.1, -0.05) is 52.8 Å². The van der Waals surface area contributed by atoms with Crippen LogP contribution < -0.4 is 5.32 Å². The van der Waals surface area contributed by atoms with Gasteiger partial charge in [0.2, 0.25) is 0 Å². The SMILES string of the molecule is CC(=O)O[C@@]12COC1C[C@H](O)[C@@]1(C)C(=O)[C@H](O)C3=C(C)[C@@H](OC(=O)[C@H](O)[C@H](NC(=O)OC(C)(C)C)C(C)(C)C)C[C@@](O)([C@@H](OC(=O)c4ccccc4)[C@@H]12)C3(C)C. The molecule has 56 heavy (non-hydrogen) atoms. The first-order valence-corrected chi connectivity index (χ1v) is 18.9. The van der Waals surface area contributed by atoms with Gasteiger partial charge in [-0.05, 0) is 63.3 Å². The summed E-state index contributed by atoms with van der Waals surface area (Å²) in [6.45, 7) is 16.9. The van der Waals surface area contributed by atoms with E-state index in [1.165, 1.54) is 26.0 Å². The van der Waals surface area contributed by atoms with Gasteiger partial charge in [0.1, 0.15) is 35.6 Å². The lowest BCUT2D eigenvalue weighted by molar-refractivity contribution is -0.346. The first-order chi connectivity index (χ1) is 25.6. The molecule has 3 fully saturated rings. The molecule has 15 nitrogen and oxygen atoms in total. The Morgan fingerprint density at radius 2 is 1.59 bits per heavy atom. The highest BCUT2D eigenvalue weighted by atomic mass is 16.6. The number of ether oxygens (including phenoxy) is 5. The van der Waals surface area contributed by atoms with Gasteiger partial charge >= 0.3 is 24.0 Å². The lowest BCUT2D eigenvalue weighted by Gasteiger charge is -2.67. The minimum absolute atomic E-state index is 0.0519. The van der Waals surface area contributed by atoms with E-state index in [0.29, 0.717) is 0 Å². The molecule has 0 radical (unpaired) electrons.